The molecule has 0 spiro atoms. The number of cyclic esters (lactones) is 1. The van der Waals surface area contributed by atoms with Gasteiger partial charge in [-0.2, -0.15) is 0 Å². The van der Waals surface area contributed by atoms with Gasteiger partial charge in [-0.05, 0) is 36.2 Å². The van der Waals surface area contributed by atoms with Gasteiger partial charge in [0.1, 0.15) is 17.1 Å². The van der Waals surface area contributed by atoms with E-state index in [2.05, 4.69) is 18.2 Å². The molecule has 3 aromatic rings. The number of pyridine rings is 1. The minimum absolute atomic E-state index is 0.0332. The van der Waals surface area contributed by atoms with Crippen LogP contribution in [0.1, 0.15) is 13.3 Å². The van der Waals surface area contributed by atoms with Gasteiger partial charge in [0.05, 0.1) is 17.7 Å². The number of fused-ring (bicyclic) bond motifs is 1. The van der Waals surface area contributed by atoms with E-state index >= 15 is 0 Å². The number of thioether (sulfide) groups is 1. The minimum Gasteiger partial charge on any atom is -0.497 e. The largest absolute Gasteiger partial charge is 0.497 e. The van der Waals surface area contributed by atoms with Crippen molar-refractivity contribution in [1.29, 1.82) is 0 Å². The topological polar surface area (TPSA) is 48.4 Å². The van der Waals surface area contributed by atoms with Gasteiger partial charge in [-0.1, -0.05) is 42.1 Å². The number of methoxy groups -OCH3 is 1. The van der Waals surface area contributed by atoms with Crippen molar-refractivity contribution in [2.24, 2.45) is 0 Å². The van der Waals surface area contributed by atoms with E-state index in [0.717, 1.165) is 32.8 Å². The molecule has 1 fully saturated rings. The van der Waals surface area contributed by atoms with E-state index < -0.39 is 0 Å². The molecule has 0 N–H and O–H groups in total. The third-order valence-corrected chi connectivity index (χ3v) is 5.59. The Bertz CT molecular complexity index is 958. The maximum Gasteiger partial charge on any atom is 0.319 e. The van der Waals surface area contributed by atoms with Gasteiger partial charge in [0.25, 0.3) is 0 Å². The van der Waals surface area contributed by atoms with Crippen LogP contribution in [0.4, 0.5) is 0 Å². The molecule has 0 radical (unpaired) electrons. The summed E-state index contributed by atoms with van der Waals surface area (Å²) in [5.41, 5.74) is 3.07. The van der Waals surface area contributed by atoms with E-state index in [4.69, 9.17) is 14.5 Å². The van der Waals surface area contributed by atoms with Crippen molar-refractivity contribution in [2.75, 3.05) is 7.11 Å². The van der Waals surface area contributed by atoms with Crippen LogP contribution in [0.25, 0.3) is 22.0 Å². The number of ether oxygens (including phenoxy) is 2. The van der Waals surface area contributed by atoms with Gasteiger partial charge in [0, 0.05) is 17.9 Å². The van der Waals surface area contributed by atoms with Crippen LogP contribution in [0, 0.1) is 0 Å². The Kier molecular flexibility index (Phi) is 4.55. The summed E-state index contributed by atoms with van der Waals surface area (Å²) in [6, 6.07) is 18.2. The molecule has 0 saturated carbocycles. The predicted octanol–water partition coefficient (Wildman–Crippen LogP) is 4.71. The molecule has 0 bridgehead atoms. The third-order valence-electron chi connectivity index (χ3n) is 4.47. The number of rotatable bonds is 4. The summed E-state index contributed by atoms with van der Waals surface area (Å²) in [4.78, 5) is 16.8. The summed E-state index contributed by atoms with van der Waals surface area (Å²) in [7, 11) is 1.65. The third kappa shape index (κ3) is 3.27. The monoisotopic (exact) mass is 365 g/mol. The van der Waals surface area contributed by atoms with Crippen molar-refractivity contribution in [3.05, 3.63) is 54.6 Å². The standard InChI is InChI=1S/C21H19NO3S/c1-13-10-19(21(23)25-13)26-20-12-17(14-6-4-3-5-7-14)16-9-8-15(24-2)11-18(16)22-20/h3-9,11-13,19H,10H2,1-2H3/t13-,19-/m1/s1. The highest BCUT2D eigenvalue weighted by molar-refractivity contribution is 8.00. The Morgan fingerprint density at radius 1 is 1.15 bits per heavy atom. The maximum absolute atomic E-state index is 12.0. The molecule has 26 heavy (non-hydrogen) atoms. The molecule has 1 saturated heterocycles. The second-order valence-electron chi connectivity index (χ2n) is 6.35. The summed E-state index contributed by atoms with van der Waals surface area (Å²) >= 11 is 1.47. The number of benzene rings is 2. The lowest BCUT2D eigenvalue weighted by atomic mass is 10.0. The molecule has 0 unspecified atom stereocenters. The molecule has 1 aliphatic heterocycles. The first kappa shape index (κ1) is 16.9. The zero-order valence-corrected chi connectivity index (χ0v) is 15.5. The van der Waals surface area contributed by atoms with Crippen LogP contribution in [0.5, 0.6) is 5.75 Å². The maximum atomic E-state index is 12.0. The quantitative estimate of drug-likeness (QED) is 0.627. The first-order valence-corrected chi connectivity index (χ1v) is 9.43. The molecule has 1 aromatic heterocycles. The van der Waals surface area contributed by atoms with Crippen LogP contribution >= 0.6 is 11.8 Å². The molecule has 2 atom stereocenters. The average Bonchev–Trinajstić information content (AvgIpc) is 2.98. The van der Waals surface area contributed by atoms with Gasteiger partial charge in [-0.3, -0.25) is 4.79 Å². The summed E-state index contributed by atoms with van der Waals surface area (Å²) < 4.78 is 10.6. The van der Waals surface area contributed by atoms with Gasteiger partial charge in [-0.15, -0.1) is 0 Å². The molecular weight excluding hydrogens is 346 g/mol. The number of esters is 1. The molecule has 5 heteroatoms. The van der Waals surface area contributed by atoms with E-state index in [0.29, 0.717) is 6.42 Å². The highest BCUT2D eigenvalue weighted by Gasteiger charge is 2.33. The first-order chi connectivity index (χ1) is 12.6. The molecule has 2 aromatic carbocycles. The minimum atomic E-state index is -0.204. The summed E-state index contributed by atoms with van der Waals surface area (Å²) in [5.74, 6) is 0.608. The van der Waals surface area contributed by atoms with E-state index in [1.165, 1.54) is 11.8 Å². The van der Waals surface area contributed by atoms with Gasteiger partial charge < -0.3 is 9.47 Å². The number of hydrogen-bond donors (Lipinski definition) is 0. The Morgan fingerprint density at radius 2 is 1.96 bits per heavy atom. The van der Waals surface area contributed by atoms with E-state index in [-0.39, 0.29) is 17.3 Å². The molecule has 1 aliphatic rings. The SMILES string of the molecule is COc1ccc2c(-c3ccccc3)cc(S[C@@H]3C[C@@H](C)OC3=O)nc2c1. The Hall–Kier alpha value is -2.53. The molecule has 4 nitrogen and oxygen atoms in total. The van der Waals surface area contributed by atoms with Crippen LogP contribution in [0.15, 0.2) is 59.6 Å². The van der Waals surface area contributed by atoms with Gasteiger partial charge in [0.15, 0.2) is 0 Å². The lowest BCUT2D eigenvalue weighted by molar-refractivity contribution is -0.140. The second-order valence-corrected chi connectivity index (χ2v) is 7.57. The lowest BCUT2D eigenvalue weighted by Crippen LogP contribution is -2.09. The number of hydrogen-bond acceptors (Lipinski definition) is 5. The zero-order valence-electron chi connectivity index (χ0n) is 14.6. The molecule has 0 amide bonds. The van der Waals surface area contributed by atoms with Crippen molar-refractivity contribution in [3.8, 4) is 16.9 Å². The van der Waals surface area contributed by atoms with Crippen molar-refractivity contribution in [2.45, 2.75) is 29.7 Å². The van der Waals surface area contributed by atoms with Crippen LogP contribution in [0.3, 0.4) is 0 Å². The van der Waals surface area contributed by atoms with Gasteiger partial charge in [0.2, 0.25) is 0 Å². The average molecular weight is 365 g/mol. The lowest BCUT2D eigenvalue weighted by Gasteiger charge is -2.12. The van der Waals surface area contributed by atoms with Crippen LogP contribution in [-0.4, -0.2) is 29.4 Å². The van der Waals surface area contributed by atoms with E-state index in [9.17, 15) is 4.79 Å². The van der Waals surface area contributed by atoms with Gasteiger partial charge >= 0.3 is 5.97 Å². The number of aromatic nitrogens is 1. The van der Waals surface area contributed by atoms with E-state index in [1.807, 2.05) is 43.3 Å². The summed E-state index contributed by atoms with van der Waals surface area (Å²) in [6.45, 7) is 1.92. The number of carbonyl (C=O) groups excluding carboxylic acids is 1. The Balaban J connectivity index is 1.81. The summed E-state index contributed by atoms with van der Waals surface area (Å²) in [6.07, 6.45) is 0.677. The Labute approximate surface area is 156 Å². The normalized spacial score (nSPS) is 19.5. The molecule has 132 valence electrons. The van der Waals surface area contributed by atoms with Crippen molar-refractivity contribution < 1.29 is 14.3 Å². The first-order valence-electron chi connectivity index (χ1n) is 8.55. The molecule has 2 heterocycles. The highest BCUT2D eigenvalue weighted by Crippen LogP contribution is 2.37. The number of carbonyl (C=O) groups is 1. The van der Waals surface area contributed by atoms with Crippen LogP contribution in [-0.2, 0) is 9.53 Å². The van der Waals surface area contributed by atoms with Crippen molar-refractivity contribution in [1.82, 2.24) is 4.98 Å². The van der Waals surface area contributed by atoms with Gasteiger partial charge in [-0.25, -0.2) is 4.98 Å². The summed E-state index contributed by atoms with van der Waals surface area (Å²) in [5, 5.41) is 1.67. The number of nitrogens with zero attached hydrogens (tertiary/aromatic N) is 1. The fourth-order valence-electron chi connectivity index (χ4n) is 3.19. The van der Waals surface area contributed by atoms with Crippen LogP contribution in [0.2, 0.25) is 0 Å². The zero-order chi connectivity index (χ0) is 18.1. The fourth-order valence-corrected chi connectivity index (χ4v) is 4.34. The molecule has 4 rings (SSSR count). The van der Waals surface area contributed by atoms with Crippen molar-refractivity contribution in [3.63, 3.8) is 0 Å². The molecule has 0 aliphatic carbocycles. The van der Waals surface area contributed by atoms with Crippen LogP contribution < -0.4 is 4.74 Å². The fraction of sp³-hybridized carbons (Fsp3) is 0.238. The van der Waals surface area contributed by atoms with E-state index in [1.54, 1.807) is 7.11 Å². The smallest absolute Gasteiger partial charge is 0.319 e. The highest BCUT2D eigenvalue weighted by atomic mass is 32.2. The van der Waals surface area contributed by atoms with Crippen molar-refractivity contribution >= 4 is 28.6 Å². The molecular formula is C21H19NO3S. The second kappa shape index (κ2) is 7.00. The Morgan fingerprint density at radius 3 is 2.65 bits per heavy atom. The predicted molar refractivity (Wildman–Crippen MR) is 104 cm³/mol.